The number of nitrogens with zero attached hydrogens (tertiary/aromatic N) is 3. The van der Waals surface area contributed by atoms with Crippen molar-refractivity contribution >= 4 is 5.91 Å². The number of hydrogen-bond acceptors (Lipinski definition) is 4. The summed E-state index contributed by atoms with van der Waals surface area (Å²) in [5.74, 6) is 0.829. The van der Waals surface area contributed by atoms with Crippen molar-refractivity contribution in [1.29, 1.82) is 0 Å². The molecule has 3 rings (SSSR count). The molecule has 1 amide bonds. The van der Waals surface area contributed by atoms with Crippen LogP contribution in [0, 0.1) is 0 Å². The molecule has 0 aliphatic rings. The van der Waals surface area contributed by atoms with Crippen LogP contribution in [0.2, 0.25) is 0 Å². The standard InChI is InChI=1S/C20H22N4O2/c1-24-19(16-9-11-21-12-10-16)13-17(23-24)14-22-20(25)8-5-15-3-6-18(26-2)7-4-15/h3-4,6-7,9-13H,5,8,14H2,1-2H3,(H,22,25). The molecule has 0 saturated carbocycles. The molecule has 26 heavy (non-hydrogen) atoms. The first-order valence-electron chi connectivity index (χ1n) is 8.48. The fourth-order valence-electron chi connectivity index (χ4n) is 2.73. The van der Waals surface area contributed by atoms with E-state index in [1.54, 1.807) is 19.5 Å². The molecular formula is C20H22N4O2. The lowest BCUT2D eigenvalue weighted by Gasteiger charge is -2.05. The monoisotopic (exact) mass is 350 g/mol. The second kappa shape index (κ2) is 8.29. The van der Waals surface area contributed by atoms with Gasteiger partial charge in [-0.15, -0.1) is 0 Å². The average molecular weight is 350 g/mol. The molecule has 2 aromatic heterocycles. The topological polar surface area (TPSA) is 69.0 Å². The fraction of sp³-hybridized carbons (Fsp3) is 0.250. The third kappa shape index (κ3) is 4.47. The third-order valence-electron chi connectivity index (χ3n) is 4.17. The Kier molecular flexibility index (Phi) is 5.63. The van der Waals surface area contributed by atoms with E-state index in [4.69, 9.17) is 4.74 Å². The van der Waals surface area contributed by atoms with E-state index < -0.39 is 0 Å². The molecule has 0 saturated heterocycles. The lowest BCUT2D eigenvalue weighted by atomic mass is 10.1. The number of pyridine rings is 1. The number of hydrogen-bond donors (Lipinski definition) is 1. The normalized spacial score (nSPS) is 10.5. The van der Waals surface area contributed by atoms with E-state index in [1.807, 2.05) is 54.2 Å². The molecule has 0 spiro atoms. The minimum atomic E-state index is 0.0110. The maximum Gasteiger partial charge on any atom is 0.220 e. The molecule has 134 valence electrons. The number of methoxy groups -OCH3 is 1. The summed E-state index contributed by atoms with van der Waals surface area (Å²) in [7, 11) is 3.53. The van der Waals surface area contributed by atoms with Crippen LogP contribution in [0.1, 0.15) is 17.7 Å². The van der Waals surface area contributed by atoms with Gasteiger partial charge in [-0.2, -0.15) is 5.10 Å². The number of carbonyl (C=O) groups excluding carboxylic acids is 1. The van der Waals surface area contributed by atoms with Gasteiger partial charge in [0.1, 0.15) is 5.75 Å². The van der Waals surface area contributed by atoms with Crippen LogP contribution in [0.25, 0.3) is 11.3 Å². The zero-order valence-electron chi connectivity index (χ0n) is 15.0. The molecule has 6 nitrogen and oxygen atoms in total. The summed E-state index contributed by atoms with van der Waals surface area (Å²) in [6.45, 7) is 0.417. The average Bonchev–Trinajstić information content (AvgIpc) is 3.06. The molecule has 0 aliphatic carbocycles. The molecule has 0 bridgehead atoms. The van der Waals surface area contributed by atoms with Crippen LogP contribution >= 0.6 is 0 Å². The highest BCUT2D eigenvalue weighted by atomic mass is 16.5. The number of amides is 1. The first-order chi connectivity index (χ1) is 12.7. The SMILES string of the molecule is COc1ccc(CCC(=O)NCc2cc(-c3ccncc3)n(C)n2)cc1. The highest BCUT2D eigenvalue weighted by Gasteiger charge is 2.09. The van der Waals surface area contributed by atoms with Crippen LogP contribution in [-0.2, 0) is 24.8 Å². The van der Waals surface area contributed by atoms with Gasteiger partial charge in [0.15, 0.2) is 0 Å². The second-order valence-electron chi connectivity index (χ2n) is 6.01. The first kappa shape index (κ1) is 17.7. The zero-order valence-corrected chi connectivity index (χ0v) is 15.0. The van der Waals surface area contributed by atoms with E-state index in [0.29, 0.717) is 19.4 Å². The number of nitrogens with one attached hydrogen (secondary N) is 1. The number of aryl methyl sites for hydroxylation is 2. The predicted molar refractivity (Wildman–Crippen MR) is 99.6 cm³/mol. The molecule has 0 atom stereocenters. The van der Waals surface area contributed by atoms with Gasteiger partial charge in [-0.25, -0.2) is 0 Å². The summed E-state index contributed by atoms with van der Waals surface area (Å²) in [6.07, 6.45) is 4.64. The molecule has 0 aliphatic heterocycles. The Labute approximate surface area is 152 Å². The fourth-order valence-corrected chi connectivity index (χ4v) is 2.73. The minimum Gasteiger partial charge on any atom is -0.497 e. The van der Waals surface area contributed by atoms with Crippen molar-refractivity contribution in [3.05, 3.63) is 66.1 Å². The number of benzene rings is 1. The summed E-state index contributed by atoms with van der Waals surface area (Å²) in [6, 6.07) is 13.6. The van der Waals surface area contributed by atoms with Crippen molar-refractivity contribution in [2.75, 3.05) is 7.11 Å². The molecule has 0 fully saturated rings. The number of rotatable bonds is 7. The smallest absolute Gasteiger partial charge is 0.220 e. The predicted octanol–water partition coefficient (Wildman–Crippen LogP) is 2.74. The second-order valence-corrected chi connectivity index (χ2v) is 6.01. The highest BCUT2D eigenvalue weighted by Crippen LogP contribution is 2.18. The van der Waals surface area contributed by atoms with Gasteiger partial charge in [0, 0.05) is 31.4 Å². The van der Waals surface area contributed by atoms with Crippen LogP contribution < -0.4 is 10.1 Å². The summed E-state index contributed by atoms with van der Waals surface area (Å²) in [5, 5.41) is 7.40. The van der Waals surface area contributed by atoms with E-state index in [0.717, 1.165) is 28.3 Å². The van der Waals surface area contributed by atoms with Gasteiger partial charge in [-0.05, 0) is 42.3 Å². The molecule has 0 radical (unpaired) electrons. The largest absolute Gasteiger partial charge is 0.497 e. The molecular weight excluding hydrogens is 328 g/mol. The lowest BCUT2D eigenvalue weighted by molar-refractivity contribution is -0.121. The van der Waals surface area contributed by atoms with Gasteiger partial charge < -0.3 is 10.1 Å². The summed E-state index contributed by atoms with van der Waals surface area (Å²) in [5.41, 5.74) is 3.98. The van der Waals surface area contributed by atoms with E-state index in [1.165, 1.54) is 0 Å². The van der Waals surface area contributed by atoms with Crippen molar-refractivity contribution in [3.8, 4) is 17.0 Å². The van der Waals surface area contributed by atoms with Gasteiger partial charge in [0.2, 0.25) is 5.91 Å². The van der Waals surface area contributed by atoms with Gasteiger partial charge >= 0.3 is 0 Å². The van der Waals surface area contributed by atoms with Crippen molar-refractivity contribution in [3.63, 3.8) is 0 Å². The zero-order chi connectivity index (χ0) is 18.4. The molecule has 3 aromatic rings. The molecule has 6 heteroatoms. The first-order valence-corrected chi connectivity index (χ1v) is 8.48. The van der Waals surface area contributed by atoms with Crippen molar-refractivity contribution in [1.82, 2.24) is 20.1 Å². The van der Waals surface area contributed by atoms with Crippen LogP contribution in [0.5, 0.6) is 5.75 Å². The van der Waals surface area contributed by atoms with Gasteiger partial charge in [-0.1, -0.05) is 12.1 Å². The Balaban J connectivity index is 1.51. The van der Waals surface area contributed by atoms with Crippen LogP contribution in [-0.4, -0.2) is 27.8 Å². The van der Waals surface area contributed by atoms with Crippen LogP contribution in [0.15, 0.2) is 54.9 Å². The Morgan fingerprint density at radius 2 is 1.88 bits per heavy atom. The molecule has 0 unspecified atom stereocenters. The van der Waals surface area contributed by atoms with E-state index in [9.17, 15) is 4.79 Å². The maximum absolute atomic E-state index is 12.1. The van der Waals surface area contributed by atoms with Gasteiger partial charge in [0.25, 0.3) is 0 Å². The molecule has 1 N–H and O–H groups in total. The van der Waals surface area contributed by atoms with Gasteiger partial charge in [-0.3, -0.25) is 14.5 Å². The van der Waals surface area contributed by atoms with E-state index in [-0.39, 0.29) is 5.91 Å². The van der Waals surface area contributed by atoms with Gasteiger partial charge in [0.05, 0.1) is 25.0 Å². The van der Waals surface area contributed by atoms with Crippen LogP contribution in [0.4, 0.5) is 0 Å². The highest BCUT2D eigenvalue weighted by molar-refractivity contribution is 5.76. The third-order valence-corrected chi connectivity index (χ3v) is 4.17. The molecule has 1 aromatic carbocycles. The van der Waals surface area contributed by atoms with Crippen LogP contribution in [0.3, 0.4) is 0 Å². The Morgan fingerprint density at radius 3 is 2.58 bits per heavy atom. The summed E-state index contributed by atoms with van der Waals surface area (Å²) < 4.78 is 6.95. The van der Waals surface area contributed by atoms with E-state index in [2.05, 4.69) is 15.4 Å². The number of ether oxygens (including phenoxy) is 1. The van der Waals surface area contributed by atoms with Crippen molar-refractivity contribution < 1.29 is 9.53 Å². The maximum atomic E-state index is 12.1. The summed E-state index contributed by atoms with van der Waals surface area (Å²) in [4.78, 5) is 16.1. The van der Waals surface area contributed by atoms with E-state index >= 15 is 0 Å². The van der Waals surface area contributed by atoms with Crippen molar-refractivity contribution in [2.24, 2.45) is 7.05 Å². The Morgan fingerprint density at radius 1 is 1.15 bits per heavy atom. The quantitative estimate of drug-likeness (QED) is 0.711. The Hall–Kier alpha value is -3.15. The number of carbonyl (C=O) groups is 1. The lowest BCUT2D eigenvalue weighted by Crippen LogP contribution is -2.23. The summed E-state index contributed by atoms with van der Waals surface area (Å²) >= 11 is 0. The van der Waals surface area contributed by atoms with Crippen molar-refractivity contribution in [2.45, 2.75) is 19.4 Å². The number of aromatic nitrogens is 3. The molecule has 2 heterocycles. The Bertz CT molecular complexity index is 857. The minimum absolute atomic E-state index is 0.0110.